The van der Waals surface area contributed by atoms with Crippen LogP contribution in [-0.2, 0) is 13.0 Å². The van der Waals surface area contributed by atoms with E-state index in [1.165, 1.54) is 17.5 Å². The molecule has 1 N–H and O–H groups in total. The predicted octanol–water partition coefficient (Wildman–Crippen LogP) is 2.15. The van der Waals surface area contributed by atoms with Gasteiger partial charge in [-0.3, -0.25) is 9.69 Å². The van der Waals surface area contributed by atoms with Gasteiger partial charge in [0.25, 0.3) is 5.91 Å². The second-order valence-corrected chi connectivity index (χ2v) is 8.53. The second-order valence-electron chi connectivity index (χ2n) is 8.53. The first-order valence-electron chi connectivity index (χ1n) is 11.0. The minimum Gasteiger partial charge on any atom is -0.491 e. The molecule has 5 rings (SSSR count). The van der Waals surface area contributed by atoms with E-state index in [1.54, 1.807) is 4.90 Å². The molecule has 1 fully saturated rings. The molecule has 2 aromatic carbocycles. The van der Waals surface area contributed by atoms with Crippen molar-refractivity contribution in [1.82, 2.24) is 9.80 Å². The molecule has 3 aliphatic heterocycles. The third kappa shape index (κ3) is 3.89. The average Bonchev–Trinajstić information content (AvgIpc) is 2.85. The number of nitrogens with zero attached hydrogens (tertiary/aromatic N) is 3. The number of hydrogen-bond donors (Lipinski definition) is 1. The molecule has 30 heavy (non-hydrogen) atoms. The molecule has 158 valence electrons. The van der Waals surface area contributed by atoms with Crippen molar-refractivity contribution in [3.63, 3.8) is 0 Å². The lowest BCUT2D eigenvalue weighted by atomic mass is 10.00. The lowest BCUT2D eigenvalue weighted by molar-refractivity contribution is 0.0501. The Bertz CT molecular complexity index is 928. The van der Waals surface area contributed by atoms with E-state index in [1.807, 2.05) is 18.2 Å². The van der Waals surface area contributed by atoms with E-state index in [0.29, 0.717) is 37.6 Å². The summed E-state index contributed by atoms with van der Waals surface area (Å²) >= 11 is 0. The number of anilines is 1. The number of β-amino-alcohol motifs (C(OH)–C–C–N with tert-alkyl or cyclic N) is 1. The number of amides is 1. The zero-order valence-electron chi connectivity index (χ0n) is 17.3. The van der Waals surface area contributed by atoms with Gasteiger partial charge in [-0.1, -0.05) is 24.3 Å². The number of aliphatic hydroxyl groups is 1. The number of carbonyl (C=O) groups is 1. The first-order chi connectivity index (χ1) is 14.7. The van der Waals surface area contributed by atoms with E-state index in [2.05, 4.69) is 34.1 Å². The highest BCUT2D eigenvalue weighted by molar-refractivity contribution is 5.97. The molecule has 6 heteroatoms. The summed E-state index contributed by atoms with van der Waals surface area (Å²) in [5.74, 6) is 0.606. The minimum atomic E-state index is -0.582. The molecule has 1 amide bonds. The van der Waals surface area contributed by atoms with Crippen molar-refractivity contribution < 1.29 is 14.6 Å². The van der Waals surface area contributed by atoms with E-state index in [4.69, 9.17) is 4.74 Å². The standard InChI is InChI=1S/C24H29N3O3/c28-21(16-25-11-8-18-4-1-2-5-19(18)15-25)17-27-12-13-30-23-14-20(26-9-3-10-26)6-7-22(23)24(27)29/h1-2,4-7,14,21,28H,3,8-13,15-17H2/t21-/m1/s1. The van der Waals surface area contributed by atoms with Gasteiger partial charge in [0.05, 0.1) is 18.2 Å². The summed E-state index contributed by atoms with van der Waals surface area (Å²) in [6.45, 7) is 5.75. The summed E-state index contributed by atoms with van der Waals surface area (Å²) in [5, 5.41) is 10.7. The van der Waals surface area contributed by atoms with Crippen LogP contribution < -0.4 is 9.64 Å². The van der Waals surface area contributed by atoms with Crippen molar-refractivity contribution in [2.24, 2.45) is 0 Å². The van der Waals surface area contributed by atoms with Crippen molar-refractivity contribution in [1.29, 1.82) is 0 Å². The molecular formula is C24H29N3O3. The van der Waals surface area contributed by atoms with Gasteiger partial charge in [0.15, 0.2) is 0 Å². The normalized spacial score (nSPS) is 20.0. The van der Waals surface area contributed by atoms with Crippen LogP contribution in [0.3, 0.4) is 0 Å². The maximum Gasteiger partial charge on any atom is 0.257 e. The highest BCUT2D eigenvalue weighted by atomic mass is 16.5. The molecule has 0 spiro atoms. The van der Waals surface area contributed by atoms with Crippen LogP contribution in [0.15, 0.2) is 42.5 Å². The molecule has 3 aliphatic rings. The van der Waals surface area contributed by atoms with Crippen LogP contribution >= 0.6 is 0 Å². The molecule has 0 aliphatic carbocycles. The van der Waals surface area contributed by atoms with Crippen LogP contribution in [0.2, 0.25) is 0 Å². The molecule has 0 aromatic heterocycles. The quantitative estimate of drug-likeness (QED) is 0.823. The first kappa shape index (κ1) is 19.4. The Morgan fingerprint density at radius 3 is 2.63 bits per heavy atom. The largest absolute Gasteiger partial charge is 0.491 e. The van der Waals surface area contributed by atoms with E-state index >= 15 is 0 Å². The Hall–Kier alpha value is -2.57. The molecule has 0 saturated carbocycles. The van der Waals surface area contributed by atoms with Crippen LogP contribution in [0.1, 0.15) is 27.9 Å². The molecular weight excluding hydrogens is 378 g/mol. The molecule has 2 aromatic rings. The number of ether oxygens (including phenoxy) is 1. The Morgan fingerprint density at radius 2 is 1.83 bits per heavy atom. The molecule has 0 radical (unpaired) electrons. The first-order valence-corrected chi connectivity index (χ1v) is 11.0. The van der Waals surface area contributed by atoms with Gasteiger partial charge in [-0.15, -0.1) is 0 Å². The number of aliphatic hydroxyl groups excluding tert-OH is 1. The van der Waals surface area contributed by atoms with Gasteiger partial charge in [0.1, 0.15) is 12.4 Å². The van der Waals surface area contributed by atoms with E-state index in [9.17, 15) is 9.90 Å². The zero-order valence-corrected chi connectivity index (χ0v) is 17.3. The van der Waals surface area contributed by atoms with E-state index in [-0.39, 0.29) is 5.91 Å². The van der Waals surface area contributed by atoms with Crippen LogP contribution in [0.25, 0.3) is 0 Å². The van der Waals surface area contributed by atoms with Crippen LogP contribution in [0, 0.1) is 0 Å². The Kier molecular flexibility index (Phi) is 5.35. The SMILES string of the molecule is O=C1c2ccc(N3CCC3)cc2OCCN1C[C@H](O)CN1CCc2ccccc2C1. The lowest BCUT2D eigenvalue weighted by Gasteiger charge is -2.33. The monoisotopic (exact) mass is 407 g/mol. The highest BCUT2D eigenvalue weighted by Crippen LogP contribution is 2.30. The van der Waals surface area contributed by atoms with Gasteiger partial charge in [-0.05, 0) is 36.1 Å². The van der Waals surface area contributed by atoms with Crippen LogP contribution in [0.4, 0.5) is 5.69 Å². The number of hydrogen-bond acceptors (Lipinski definition) is 5. The molecule has 3 heterocycles. The Balaban J connectivity index is 1.22. The fraction of sp³-hybridized carbons (Fsp3) is 0.458. The van der Waals surface area contributed by atoms with Gasteiger partial charge in [-0.25, -0.2) is 0 Å². The average molecular weight is 408 g/mol. The topological polar surface area (TPSA) is 56.3 Å². The summed E-state index contributed by atoms with van der Waals surface area (Å²) in [6.07, 6.45) is 1.64. The highest BCUT2D eigenvalue weighted by Gasteiger charge is 2.27. The number of rotatable bonds is 5. The molecule has 1 saturated heterocycles. The number of benzene rings is 2. The Morgan fingerprint density at radius 1 is 1.00 bits per heavy atom. The third-order valence-corrected chi connectivity index (χ3v) is 6.43. The Labute approximate surface area is 177 Å². The maximum absolute atomic E-state index is 13.1. The maximum atomic E-state index is 13.1. The van der Waals surface area contributed by atoms with Gasteiger partial charge in [0.2, 0.25) is 0 Å². The van der Waals surface area contributed by atoms with Crippen LogP contribution in [0.5, 0.6) is 5.75 Å². The van der Waals surface area contributed by atoms with Crippen molar-refractivity contribution in [2.75, 3.05) is 50.8 Å². The summed E-state index contributed by atoms with van der Waals surface area (Å²) in [4.78, 5) is 19.4. The summed E-state index contributed by atoms with van der Waals surface area (Å²) in [5.41, 5.74) is 4.45. The van der Waals surface area contributed by atoms with Crippen molar-refractivity contribution in [3.05, 3.63) is 59.2 Å². The molecule has 6 nitrogen and oxygen atoms in total. The van der Waals surface area contributed by atoms with Gasteiger partial charge in [0, 0.05) is 51.0 Å². The minimum absolute atomic E-state index is 0.0549. The van der Waals surface area contributed by atoms with Crippen molar-refractivity contribution in [2.45, 2.75) is 25.5 Å². The van der Waals surface area contributed by atoms with Crippen molar-refractivity contribution >= 4 is 11.6 Å². The smallest absolute Gasteiger partial charge is 0.257 e. The van der Waals surface area contributed by atoms with Gasteiger partial charge in [-0.2, -0.15) is 0 Å². The predicted molar refractivity (Wildman–Crippen MR) is 116 cm³/mol. The summed E-state index contributed by atoms with van der Waals surface area (Å²) in [7, 11) is 0. The van der Waals surface area contributed by atoms with E-state index < -0.39 is 6.10 Å². The zero-order chi connectivity index (χ0) is 20.5. The molecule has 0 bridgehead atoms. The summed E-state index contributed by atoms with van der Waals surface area (Å²) in [6, 6.07) is 14.4. The van der Waals surface area contributed by atoms with Crippen LogP contribution in [-0.4, -0.2) is 72.8 Å². The summed E-state index contributed by atoms with van der Waals surface area (Å²) < 4.78 is 5.90. The molecule has 0 unspecified atom stereocenters. The third-order valence-electron chi connectivity index (χ3n) is 6.43. The second kappa shape index (κ2) is 8.28. The van der Waals surface area contributed by atoms with Gasteiger partial charge < -0.3 is 19.6 Å². The lowest BCUT2D eigenvalue weighted by Crippen LogP contribution is -2.44. The van der Waals surface area contributed by atoms with Crippen molar-refractivity contribution in [3.8, 4) is 5.75 Å². The number of carbonyl (C=O) groups excluding carboxylic acids is 1. The van der Waals surface area contributed by atoms with E-state index in [0.717, 1.165) is 38.3 Å². The van der Waals surface area contributed by atoms with Gasteiger partial charge >= 0.3 is 0 Å². The molecule has 1 atom stereocenters. The fourth-order valence-corrected chi connectivity index (χ4v) is 4.61. The fourth-order valence-electron chi connectivity index (χ4n) is 4.61. The number of fused-ring (bicyclic) bond motifs is 2.